The molecule has 19 heavy (non-hydrogen) atoms. The normalized spacial score (nSPS) is 10.6. The minimum Gasteiger partial charge on any atom is -0.291 e. The van der Waals surface area contributed by atoms with Crippen molar-refractivity contribution in [3.8, 4) is 0 Å². The summed E-state index contributed by atoms with van der Waals surface area (Å²) in [6, 6.07) is 7.47. The molecule has 1 aromatic carbocycles. The number of thioether (sulfide) groups is 1. The van der Waals surface area contributed by atoms with Gasteiger partial charge in [0.05, 0.1) is 11.9 Å². The van der Waals surface area contributed by atoms with Crippen molar-refractivity contribution in [1.29, 1.82) is 0 Å². The molecule has 0 unspecified atom stereocenters. The first-order valence-electron chi connectivity index (χ1n) is 6.00. The van der Waals surface area contributed by atoms with E-state index in [1.54, 1.807) is 4.68 Å². The van der Waals surface area contributed by atoms with Gasteiger partial charge in [-0.2, -0.15) is 0 Å². The lowest BCUT2D eigenvalue weighted by molar-refractivity contribution is 0.101. The number of carbonyl (C=O) groups is 1. The second-order valence-corrected chi connectivity index (χ2v) is 5.50. The van der Waals surface area contributed by atoms with Gasteiger partial charge in [0, 0.05) is 16.5 Å². The van der Waals surface area contributed by atoms with Crippen LogP contribution in [0.15, 0.2) is 35.4 Å². The Hall–Kier alpha value is -1.33. The summed E-state index contributed by atoms with van der Waals surface area (Å²) in [5.74, 6) is 0.390. The number of nitrogens with zero attached hydrogens (tertiary/aromatic N) is 3. The Labute approximate surface area is 121 Å². The van der Waals surface area contributed by atoms with Crippen molar-refractivity contribution < 1.29 is 4.79 Å². The third kappa shape index (κ3) is 3.81. The maximum Gasteiger partial charge on any atom is 0.192 e. The smallest absolute Gasteiger partial charge is 0.192 e. The van der Waals surface area contributed by atoms with Crippen molar-refractivity contribution >= 4 is 29.1 Å². The van der Waals surface area contributed by atoms with Gasteiger partial charge in [-0.05, 0) is 24.6 Å². The van der Waals surface area contributed by atoms with Gasteiger partial charge in [-0.3, -0.25) is 4.79 Å². The molecular formula is C13H14ClN3OS. The predicted octanol–water partition coefficient (Wildman–Crippen LogP) is 3.32. The van der Waals surface area contributed by atoms with Crippen LogP contribution in [0.5, 0.6) is 0 Å². The molecule has 0 spiro atoms. The molecule has 1 heterocycles. The molecule has 0 aliphatic heterocycles. The van der Waals surface area contributed by atoms with Crippen LogP contribution in [0.25, 0.3) is 0 Å². The fraction of sp³-hybridized carbons (Fsp3) is 0.308. The van der Waals surface area contributed by atoms with Crippen molar-refractivity contribution in [3.63, 3.8) is 0 Å². The number of benzene rings is 1. The first-order valence-corrected chi connectivity index (χ1v) is 7.37. The van der Waals surface area contributed by atoms with E-state index in [9.17, 15) is 4.79 Å². The number of halogens is 1. The number of carbonyl (C=O) groups excluding carboxylic acids is 1. The molecule has 6 heteroatoms. The second kappa shape index (κ2) is 6.73. The molecule has 1 aromatic heterocycles. The van der Waals surface area contributed by atoms with Crippen molar-refractivity contribution in [2.75, 3.05) is 5.75 Å². The molecule has 0 saturated heterocycles. The number of Topliss-reactive ketones (excluding diaryl/α,β-unsaturated/α-hetero) is 1. The molecule has 0 aliphatic rings. The maximum absolute atomic E-state index is 12.1. The third-order valence-corrected chi connectivity index (χ3v) is 3.73. The van der Waals surface area contributed by atoms with E-state index >= 15 is 0 Å². The molecule has 4 nitrogen and oxygen atoms in total. The minimum absolute atomic E-state index is 0.0309. The SMILES string of the molecule is CCCn1nncc1C(=O)CSc1cccc(Cl)c1. The topological polar surface area (TPSA) is 47.8 Å². The number of aryl methyl sites for hydroxylation is 1. The molecule has 0 N–H and O–H groups in total. The van der Waals surface area contributed by atoms with Gasteiger partial charge in [0.25, 0.3) is 0 Å². The van der Waals surface area contributed by atoms with Gasteiger partial charge in [-0.1, -0.05) is 29.8 Å². The fourth-order valence-electron chi connectivity index (χ4n) is 1.63. The summed E-state index contributed by atoms with van der Waals surface area (Å²) in [6.45, 7) is 2.75. The molecule has 0 radical (unpaired) electrons. The summed E-state index contributed by atoms with van der Waals surface area (Å²) in [5, 5.41) is 8.38. The summed E-state index contributed by atoms with van der Waals surface area (Å²) in [4.78, 5) is 13.1. The largest absolute Gasteiger partial charge is 0.291 e. The van der Waals surface area contributed by atoms with Crippen LogP contribution in [0, 0.1) is 0 Å². The van der Waals surface area contributed by atoms with Gasteiger partial charge in [0.15, 0.2) is 5.78 Å². The summed E-state index contributed by atoms with van der Waals surface area (Å²) in [7, 11) is 0. The standard InChI is InChI=1S/C13H14ClN3OS/c1-2-6-17-12(8-15-16-17)13(18)9-19-11-5-3-4-10(14)7-11/h3-5,7-8H,2,6,9H2,1H3. The second-order valence-electron chi connectivity index (χ2n) is 4.01. The van der Waals surface area contributed by atoms with Gasteiger partial charge in [-0.15, -0.1) is 16.9 Å². The third-order valence-electron chi connectivity index (χ3n) is 2.50. The number of hydrogen-bond donors (Lipinski definition) is 0. The molecule has 0 amide bonds. The van der Waals surface area contributed by atoms with E-state index in [0.717, 1.165) is 11.3 Å². The maximum atomic E-state index is 12.1. The Morgan fingerprint density at radius 3 is 3.05 bits per heavy atom. The quantitative estimate of drug-likeness (QED) is 0.606. The monoisotopic (exact) mass is 295 g/mol. The first kappa shape index (κ1) is 14.1. The van der Waals surface area contributed by atoms with Crippen LogP contribution in [-0.2, 0) is 6.54 Å². The molecule has 2 rings (SSSR count). The van der Waals surface area contributed by atoms with Crippen LogP contribution in [-0.4, -0.2) is 26.5 Å². The minimum atomic E-state index is 0.0309. The van der Waals surface area contributed by atoms with Gasteiger partial charge in [-0.25, -0.2) is 4.68 Å². The van der Waals surface area contributed by atoms with Crippen molar-refractivity contribution in [2.24, 2.45) is 0 Å². The molecule has 0 aliphatic carbocycles. The van der Waals surface area contributed by atoms with Crippen molar-refractivity contribution in [3.05, 3.63) is 41.2 Å². The van der Waals surface area contributed by atoms with Gasteiger partial charge in [0.2, 0.25) is 0 Å². The Morgan fingerprint density at radius 1 is 1.47 bits per heavy atom. The van der Waals surface area contributed by atoms with E-state index in [1.807, 2.05) is 31.2 Å². The lowest BCUT2D eigenvalue weighted by atomic mass is 10.3. The van der Waals surface area contributed by atoms with E-state index in [1.165, 1.54) is 18.0 Å². The van der Waals surface area contributed by atoms with Crippen LogP contribution in [0.1, 0.15) is 23.8 Å². The van der Waals surface area contributed by atoms with E-state index in [4.69, 9.17) is 11.6 Å². The Morgan fingerprint density at radius 2 is 2.32 bits per heavy atom. The lowest BCUT2D eigenvalue weighted by Crippen LogP contribution is -2.12. The Balaban J connectivity index is 1.99. The summed E-state index contributed by atoms with van der Waals surface area (Å²) in [5.41, 5.74) is 0.566. The van der Waals surface area contributed by atoms with Gasteiger partial charge in [0.1, 0.15) is 5.69 Å². The molecule has 2 aromatic rings. The highest BCUT2D eigenvalue weighted by atomic mass is 35.5. The number of aromatic nitrogens is 3. The Bertz CT molecular complexity index is 571. The Kier molecular flexibility index (Phi) is 4.99. The van der Waals surface area contributed by atoms with Crippen LogP contribution in [0.4, 0.5) is 0 Å². The summed E-state index contributed by atoms with van der Waals surface area (Å²) < 4.78 is 1.65. The van der Waals surface area contributed by atoms with E-state index in [2.05, 4.69) is 10.3 Å². The molecule has 0 saturated carbocycles. The molecular weight excluding hydrogens is 282 g/mol. The zero-order valence-corrected chi connectivity index (χ0v) is 12.1. The average Bonchev–Trinajstić information content (AvgIpc) is 2.85. The highest BCUT2D eigenvalue weighted by Crippen LogP contribution is 2.22. The van der Waals surface area contributed by atoms with E-state index in [0.29, 0.717) is 23.0 Å². The van der Waals surface area contributed by atoms with E-state index < -0.39 is 0 Å². The van der Waals surface area contributed by atoms with Gasteiger partial charge < -0.3 is 0 Å². The number of ketones is 1. The zero-order valence-electron chi connectivity index (χ0n) is 10.5. The molecule has 0 atom stereocenters. The number of rotatable bonds is 6. The summed E-state index contributed by atoms with van der Waals surface area (Å²) >= 11 is 7.37. The first-order chi connectivity index (χ1) is 9.20. The average molecular weight is 296 g/mol. The van der Waals surface area contributed by atoms with E-state index in [-0.39, 0.29) is 5.78 Å². The van der Waals surface area contributed by atoms with Crippen molar-refractivity contribution in [1.82, 2.24) is 15.0 Å². The fourth-order valence-corrected chi connectivity index (χ4v) is 2.72. The lowest BCUT2D eigenvalue weighted by Gasteiger charge is -2.04. The molecule has 100 valence electrons. The number of hydrogen-bond acceptors (Lipinski definition) is 4. The molecule has 0 bridgehead atoms. The van der Waals surface area contributed by atoms with Crippen molar-refractivity contribution in [2.45, 2.75) is 24.8 Å². The predicted molar refractivity (Wildman–Crippen MR) is 76.8 cm³/mol. The highest BCUT2D eigenvalue weighted by molar-refractivity contribution is 8.00. The van der Waals surface area contributed by atoms with Crippen LogP contribution in [0.3, 0.4) is 0 Å². The zero-order chi connectivity index (χ0) is 13.7. The highest BCUT2D eigenvalue weighted by Gasteiger charge is 2.13. The summed E-state index contributed by atoms with van der Waals surface area (Å²) in [6.07, 6.45) is 2.45. The van der Waals surface area contributed by atoms with Crippen LogP contribution < -0.4 is 0 Å². The van der Waals surface area contributed by atoms with Crippen LogP contribution in [0.2, 0.25) is 5.02 Å². The van der Waals surface area contributed by atoms with Gasteiger partial charge >= 0.3 is 0 Å². The van der Waals surface area contributed by atoms with Crippen LogP contribution >= 0.6 is 23.4 Å². The molecule has 0 fully saturated rings.